The Hall–Kier alpha value is -1.22. The second-order valence-electron chi connectivity index (χ2n) is 2.05. The molecule has 1 aromatic heterocycles. The molecule has 0 bridgehead atoms. The molecular formula is C7H3ClNO2. The summed E-state index contributed by atoms with van der Waals surface area (Å²) in [5.41, 5.74) is 0.824. The highest BCUT2D eigenvalue weighted by Crippen LogP contribution is 2.30. The Bertz CT molecular complexity index is 396. The first kappa shape index (κ1) is 6.49. The first-order chi connectivity index (χ1) is 5.29. The maximum absolute atomic E-state index is 9.27. The number of hydrogen-bond acceptors (Lipinski definition) is 3. The van der Waals surface area contributed by atoms with E-state index >= 15 is 0 Å². The quantitative estimate of drug-likeness (QED) is 0.654. The number of hydrogen-bond donors (Lipinski definition) is 1. The third-order valence-electron chi connectivity index (χ3n) is 1.38. The standard InChI is InChI=1S/C7H3ClNO2/c8-4-1-2-5-6(7(4)10)9-3-11-5/h1-2,10H. The summed E-state index contributed by atoms with van der Waals surface area (Å²) in [5, 5.41) is 9.54. The van der Waals surface area contributed by atoms with Crippen molar-refractivity contribution in [2.45, 2.75) is 0 Å². The topological polar surface area (TPSA) is 46.3 Å². The highest BCUT2D eigenvalue weighted by atomic mass is 35.5. The van der Waals surface area contributed by atoms with Crippen LogP contribution in [0, 0.1) is 6.39 Å². The van der Waals surface area contributed by atoms with E-state index < -0.39 is 0 Å². The molecule has 0 aliphatic rings. The molecule has 2 aromatic rings. The van der Waals surface area contributed by atoms with Crippen molar-refractivity contribution in [3.8, 4) is 5.75 Å². The zero-order valence-electron chi connectivity index (χ0n) is 5.34. The monoisotopic (exact) mass is 168 g/mol. The molecular weight excluding hydrogens is 166 g/mol. The number of rotatable bonds is 0. The van der Waals surface area contributed by atoms with Gasteiger partial charge in [0.15, 0.2) is 16.8 Å². The van der Waals surface area contributed by atoms with Crippen molar-refractivity contribution in [2.24, 2.45) is 0 Å². The number of phenolic OH excluding ortho intramolecular Hbond substituents is 1. The van der Waals surface area contributed by atoms with E-state index in [0.29, 0.717) is 11.1 Å². The van der Waals surface area contributed by atoms with Crippen LogP contribution in [0.25, 0.3) is 11.1 Å². The van der Waals surface area contributed by atoms with Crippen LogP contribution in [0.4, 0.5) is 0 Å². The van der Waals surface area contributed by atoms with Gasteiger partial charge in [-0.25, -0.2) is 4.98 Å². The molecule has 0 aliphatic heterocycles. The van der Waals surface area contributed by atoms with Crippen molar-refractivity contribution in [1.29, 1.82) is 0 Å². The maximum Gasteiger partial charge on any atom is 0.284 e. The minimum absolute atomic E-state index is 0.0610. The summed E-state index contributed by atoms with van der Waals surface area (Å²) in [6.07, 6.45) is 2.26. The van der Waals surface area contributed by atoms with E-state index in [1.807, 2.05) is 0 Å². The Balaban J connectivity index is 2.93. The van der Waals surface area contributed by atoms with E-state index in [0.717, 1.165) is 0 Å². The van der Waals surface area contributed by atoms with Gasteiger partial charge in [0.25, 0.3) is 6.39 Å². The Kier molecular flexibility index (Phi) is 1.26. The highest BCUT2D eigenvalue weighted by Gasteiger charge is 2.07. The zero-order chi connectivity index (χ0) is 7.84. The molecule has 3 nitrogen and oxygen atoms in total. The average Bonchev–Trinajstić information content (AvgIpc) is 2.45. The fourth-order valence-electron chi connectivity index (χ4n) is 0.845. The molecule has 0 atom stereocenters. The van der Waals surface area contributed by atoms with E-state index in [4.69, 9.17) is 16.0 Å². The SMILES string of the molecule is Oc1c(Cl)ccc2o[c]nc12. The fraction of sp³-hybridized carbons (Fsp3) is 0. The molecule has 0 saturated carbocycles. The maximum atomic E-state index is 9.27. The molecule has 11 heavy (non-hydrogen) atoms. The Morgan fingerprint density at radius 3 is 3.18 bits per heavy atom. The first-order valence-corrected chi connectivity index (χ1v) is 3.31. The molecule has 1 heterocycles. The van der Waals surface area contributed by atoms with Crippen molar-refractivity contribution in [3.63, 3.8) is 0 Å². The van der Waals surface area contributed by atoms with Crippen LogP contribution in [0.1, 0.15) is 0 Å². The van der Waals surface area contributed by atoms with E-state index in [1.54, 1.807) is 6.07 Å². The molecule has 0 saturated heterocycles. The van der Waals surface area contributed by atoms with Gasteiger partial charge in [-0.05, 0) is 12.1 Å². The lowest BCUT2D eigenvalue weighted by Gasteiger charge is -1.93. The largest absolute Gasteiger partial charge is 0.504 e. The predicted octanol–water partition coefficient (Wildman–Crippen LogP) is 1.99. The summed E-state index contributed by atoms with van der Waals surface area (Å²) in [6, 6.07) is 3.17. The van der Waals surface area contributed by atoms with Crippen LogP contribution in [0.2, 0.25) is 5.02 Å². The van der Waals surface area contributed by atoms with Gasteiger partial charge < -0.3 is 9.52 Å². The lowest BCUT2D eigenvalue weighted by Crippen LogP contribution is -1.71. The molecule has 1 radical (unpaired) electrons. The molecule has 0 fully saturated rings. The van der Waals surface area contributed by atoms with Gasteiger partial charge in [-0.15, -0.1) is 0 Å². The van der Waals surface area contributed by atoms with Crippen molar-refractivity contribution in [1.82, 2.24) is 4.98 Å². The van der Waals surface area contributed by atoms with Gasteiger partial charge in [-0.1, -0.05) is 11.6 Å². The molecule has 55 valence electrons. The number of aromatic hydroxyl groups is 1. The zero-order valence-corrected chi connectivity index (χ0v) is 6.09. The van der Waals surface area contributed by atoms with Crippen LogP contribution in [0.15, 0.2) is 16.5 Å². The van der Waals surface area contributed by atoms with Gasteiger partial charge in [-0.2, -0.15) is 0 Å². The van der Waals surface area contributed by atoms with E-state index in [-0.39, 0.29) is 10.8 Å². The van der Waals surface area contributed by atoms with E-state index in [1.165, 1.54) is 6.07 Å². The third kappa shape index (κ3) is 0.851. The van der Waals surface area contributed by atoms with E-state index in [2.05, 4.69) is 11.4 Å². The average molecular weight is 169 g/mol. The van der Waals surface area contributed by atoms with Gasteiger partial charge in [-0.3, -0.25) is 0 Å². The Morgan fingerprint density at radius 2 is 2.36 bits per heavy atom. The summed E-state index contributed by atoms with van der Waals surface area (Å²) in [5.74, 6) is -0.0610. The lowest BCUT2D eigenvalue weighted by atomic mass is 10.3. The number of fused-ring (bicyclic) bond motifs is 1. The first-order valence-electron chi connectivity index (χ1n) is 2.93. The molecule has 0 amide bonds. The smallest absolute Gasteiger partial charge is 0.284 e. The Labute approximate surface area is 67.2 Å². The number of halogens is 1. The summed E-state index contributed by atoms with van der Waals surface area (Å²) in [4.78, 5) is 3.65. The molecule has 1 aromatic carbocycles. The number of benzene rings is 1. The molecule has 1 N–H and O–H groups in total. The van der Waals surface area contributed by atoms with Crippen molar-refractivity contribution < 1.29 is 9.52 Å². The number of phenols is 1. The summed E-state index contributed by atoms with van der Waals surface area (Å²) in [6.45, 7) is 0. The third-order valence-corrected chi connectivity index (χ3v) is 1.68. The van der Waals surface area contributed by atoms with Crippen LogP contribution >= 0.6 is 11.6 Å². The van der Waals surface area contributed by atoms with E-state index in [9.17, 15) is 5.11 Å². The Morgan fingerprint density at radius 1 is 1.55 bits per heavy atom. The van der Waals surface area contributed by atoms with Crippen LogP contribution in [0.3, 0.4) is 0 Å². The van der Waals surface area contributed by atoms with Gasteiger partial charge >= 0.3 is 0 Å². The number of aromatic nitrogens is 1. The van der Waals surface area contributed by atoms with Crippen LogP contribution in [-0.4, -0.2) is 10.1 Å². The van der Waals surface area contributed by atoms with Gasteiger partial charge in [0.2, 0.25) is 0 Å². The minimum Gasteiger partial charge on any atom is -0.504 e. The predicted molar refractivity (Wildman–Crippen MR) is 39.5 cm³/mol. The van der Waals surface area contributed by atoms with Crippen LogP contribution in [-0.2, 0) is 0 Å². The minimum atomic E-state index is -0.0610. The molecule has 0 unspecified atom stereocenters. The van der Waals surface area contributed by atoms with Crippen molar-refractivity contribution >= 4 is 22.7 Å². The molecule has 4 heteroatoms. The second-order valence-corrected chi connectivity index (χ2v) is 2.46. The van der Waals surface area contributed by atoms with Crippen LogP contribution < -0.4 is 0 Å². The normalized spacial score (nSPS) is 10.6. The lowest BCUT2D eigenvalue weighted by molar-refractivity contribution is 0.480. The van der Waals surface area contributed by atoms with Crippen LogP contribution in [0.5, 0.6) is 5.75 Å². The number of oxazole rings is 1. The highest BCUT2D eigenvalue weighted by molar-refractivity contribution is 6.33. The van der Waals surface area contributed by atoms with Gasteiger partial charge in [0.05, 0.1) is 5.02 Å². The molecule has 2 rings (SSSR count). The molecule has 0 spiro atoms. The van der Waals surface area contributed by atoms with Crippen molar-refractivity contribution in [2.75, 3.05) is 0 Å². The van der Waals surface area contributed by atoms with Crippen molar-refractivity contribution in [3.05, 3.63) is 23.5 Å². The van der Waals surface area contributed by atoms with Gasteiger partial charge in [0, 0.05) is 0 Å². The number of nitrogens with zero attached hydrogens (tertiary/aromatic N) is 1. The van der Waals surface area contributed by atoms with Gasteiger partial charge in [0.1, 0.15) is 0 Å². The summed E-state index contributed by atoms with van der Waals surface area (Å²) >= 11 is 5.60. The summed E-state index contributed by atoms with van der Waals surface area (Å²) < 4.78 is 4.80. The fourth-order valence-corrected chi connectivity index (χ4v) is 0.997. The molecule has 0 aliphatic carbocycles. The summed E-state index contributed by atoms with van der Waals surface area (Å²) in [7, 11) is 0. The second kappa shape index (κ2) is 2.13.